The normalized spacial score (nSPS) is 18.9. The molecular weight excluding hydrogens is 216 g/mol. The molecule has 0 aliphatic heterocycles. The standard InChI is InChI=1S/C18H24/c1-12-7-8-16(14(3)9-12)17-15(4)10-13(2)11-18(17,5)6/h7-10H,11H2,1-6H3. The quantitative estimate of drug-likeness (QED) is 0.612. The molecule has 0 radical (unpaired) electrons. The van der Waals surface area contributed by atoms with Crippen molar-refractivity contribution in [3.05, 3.63) is 52.1 Å². The summed E-state index contributed by atoms with van der Waals surface area (Å²) in [6, 6.07) is 6.81. The summed E-state index contributed by atoms with van der Waals surface area (Å²) in [5.74, 6) is 0. The number of hydrogen-bond donors (Lipinski definition) is 0. The zero-order chi connectivity index (χ0) is 13.5. The van der Waals surface area contributed by atoms with E-state index in [1.165, 1.54) is 33.4 Å². The first-order valence-electron chi connectivity index (χ1n) is 6.77. The fourth-order valence-electron chi connectivity index (χ4n) is 3.48. The molecule has 96 valence electrons. The van der Waals surface area contributed by atoms with Gasteiger partial charge in [-0.15, -0.1) is 0 Å². The highest BCUT2D eigenvalue weighted by atomic mass is 14.3. The number of benzene rings is 1. The summed E-state index contributed by atoms with van der Waals surface area (Å²) in [6.45, 7) is 13.6. The van der Waals surface area contributed by atoms with E-state index >= 15 is 0 Å². The molecule has 18 heavy (non-hydrogen) atoms. The van der Waals surface area contributed by atoms with Crippen molar-refractivity contribution in [1.82, 2.24) is 0 Å². The van der Waals surface area contributed by atoms with Crippen molar-refractivity contribution in [2.75, 3.05) is 0 Å². The molecule has 1 aromatic rings. The molecule has 0 atom stereocenters. The minimum absolute atomic E-state index is 0.239. The average molecular weight is 240 g/mol. The summed E-state index contributed by atoms with van der Waals surface area (Å²) < 4.78 is 0. The summed E-state index contributed by atoms with van der Waals surface area (Å²) >= 11 is 0. The Morgan fingerprint density at radius 2 is 1.67 bits per heavy atom. The Labute approximate surface area is 111 Å². The Morgan fingerprint density at radius 3 is 2.22 bits per heavy atom. The van der Waals surface area contributed by atoms with E-state index in [2.05, 4.69) is 65.8 Å². The molecule has 0 fully saturated rings. The van der Waals surface area contributed by atoms with Crippen LogP contribution in [0.1, 0.15) is 50.8 Å². The third-order valence-electron chi connectivity index (χ3n) is 3.91. The lowest BCUT2D eigenvalue weighted by Gasteiger charge is -2.35. The molecule has 0 bridgehead atoms. The summed E-state index contributed by atoms with van der Waals surface area (Å²) in [4.78, 5) is 0. The maximum absolute atomic E-state index is 2.36. The van der Waals surface area contributed by atoms with Crippen LogP contribution in [0.3, 0.4) is 0 Å². The Kier molecular flexibility index (Phi) is 3.23. The van der Waals surface area contributed by atoms with Crippen LogP contribution in [0.4, 0.5) is 0 Å². The third kappa shape index (κ3) is 2.29. The zero-order valence-electron chi connectivity index (χ0n) is 12.5. The van der Waals surface area contributed by atoms with Crippen molar-refractivity contribution >= 4 is 5.57 Å². The van der Waals surface area contributed by atoms with Crippen LogP contribution in [0, 0.1) is 19.3 Å². The van der Waals surface area contributed by atoms with Crippen LogP contribution < -0.4 is 0 Å². The van der Waals surface area contributed by atoms with Crippen LogP contribution in [0.5, 0.6) is 0 Å². The van der Waals surface area contributed by atoms with Crippen LogP contribution in [-0.4, -0.2) is 0 Å². The Bertz CT molecular complexity index is 539. The molecule has 0 heterocycles. The minimum atomic E-state index is 0.239. The molecule has 0 unspecified atom stereocenters. The molecule has 1 aromatic carbocycles. The topological polar surface area (TPSA) is 0 Å². The van der Waals surface area contributed by atoms with Gasteiger partial charge in [0.2, 0.25) is 0 Å². The van der Waals surface area contributed by atoms with Crippen LogP contribution >= 0.6 is 0 Å². The van der Waals surface area contributed by atoms with E-state index in [1.807, 2.05) is 0 Å². The van der Waals surface area contributed by atoms with Gasteiger partial charge in [-0.05, 0) is 61.8 Å². The number of hydrogen-bond acceptors (Lipinski definition) is 0. The Morgan fingerprint density at radius 1 is 1.00 bits per heavy atom. The lowest BCUT2D eigenvalue weighted by atomic mass is 9.70. The molecule has 1 aliphatic carbocycles. The third-order valence-corrected chi connectivity index (χ3v) is 3.91. The second-order valence-corrected chi connectivity index (χ2v) is 6.43. The monoisotopic (exact) mass is 240 g/mol. The SMILES string of the molecule is CC1=CC(C)=C(c2ccc(C)cc2C)C(C)(C)C1. The Hall–Kier alpha value is -1.30. The highest BCUT2D eigenvalue weighted by Crippen LogP contribution is 2.46. The van der Waals surface area contributed by atoms with Gasteiger partial charge in [-0.25, -0.2) is 0 Å². The smallest absolute Gasteiger partial charge is 0.00578 e. The molecule has 0 nitrogen and oxygen atoms in total. The van der Waals surface area contributed by atoms with Gasteiger partial charge in [0.25, 0.3) is 0 Å². The predicted molar refractivity (Wildman–Crippen MR) is 80.7 cm³/mol. The van der Waals surface area contributed by atoms with Gasteiger partial charge in [-0.2, -0.15) is 0 Å². The molecule has 0 spiro atoms. The summed E-state index contributed by atoms with van der Waals surface area (Å²) in [7, 11) is 0. The summed E-state index contributed by atoms with van der Waals surface area (Å²) in [5.41, 5.74) is 8.84. The lowest BCUT2D eigenvalue weighted by Crippen LogP contribution is -2.19. The van der Waals surface area contributed by atoms with E-state index in [1.54, 1.807) is 0 Å². The number of aryl methyl sites for hydroxylation is 2. The Balaban J connectivity index is 2.64. The van der Waals surface area contributed by atoms with Gasteiger partial charge in [0, 0.05) is 0 Å². The largest absolute Gasteiger partial charge is 0.0722 e. The summed E-state index contributed by atoms with van der Waals surface area (Å²) in [5, 5.41) is 0. The van der Waals surface area contributed by atoms with Gasteiger partial charge < -0.3 is 0 Å². The van der Waals surface area contributed by atoms with Crippen LogP contribution in [0.2, 0.25) is 0 Å². The van der Waals surface area contributed by atoms with Crippen molar-refractivity contribution in [2.24, 2.45) is 5.41 Å². The zero-order valence-corrected chi connectivity index (χ0v) is 12.5. The number of allylic oxidation sites excluding steroid dienone is 4. The van der Waals surface area contributed by atoms with Crippen molar-refractivity contribution in [3.63, 3.8) is 0 Å². The summed E-state index contributed by atoms with van der Waals surface area (Å²) in [6.07, 6.45) is 3.51. The molecule has 2 rings (SSSR count). The molecular formula is C18H24. The fraction of sp³-hybridized carbons (Fsp3) is 0.444. The van der Waals surface area contributed by atoms with E-state index in [0.717, 1.165) is 6.42 Å². The van der Waals surface area contributed by atoms with Gasteiger partial charge in [0.05, 0.1) is 0 Å². The van der Waals surface area contributed by atoms with Gasteiger partial charge in [-0.3, -0.25) is 0 Å². The first kappa shape index (κ1) is 13.1. The van der Waals surface area contributed by atoms with Crippen molar-refractivity contribution in [1.29, 1.82) is 0 Å². The van der Waals surface area contributed by atoms with Crippen LogP contribution in [0.25, 0.3) is 5.57 Å². The van der Waals surface area contributed by atoms with E-state index in [-0.39, 0.29) is 5.41 Å². The minimum Gasteiger partial charge on any atom is -0.0722 e. The van der Waals surface area contributed by atoms with E-state index in [0.29, 0.717) is 0 Å². The molecule has 0 saturated heterocycles. The van der Waals surface area contributed by atoms with Crippen molar-refractivity contribution in [3.8, 4) is 0 Å². The molecule has 0 saturated carbocycles. The van der Waals surface area contributed by atoms with E-state index in [4.69, 9.17) is 0 Å². The first-order valence-corrected chi connectivity index (χ1v) is 6.77. The second-order valence-electron chi connectivity index (χ2n) is 6.43. The molecule has 1 aliphatic rings. The fourth-order valence-corrected chi connectivity index (χ4v) is 3.48. The van der Waals surface area contributed by atoms with Gasteiger partial charge >= 0.3 is 0 Å². The maximum atomic E-state index is 2.36. The van der Waals surface area contributed by atoms with E-state index < -0.39 is 0 Å². The maximum Gasteiger partial charge on any atom is -0.00578 e. The van der Waals surface area contributed by atoms with Gasteiger partial charge in [0.1, 0.15) is 0 Å². The first-order chi connectivity index (χ1) is 8.31. The molecule has 0 N–H and O–H groups in total. The lowest BCUT2D eigenvalue weighted by molar-refractivity contribution is 0.487. The van der Waals surface area contributed by atoms with E-state index in [9.17, 15) is 0 Å². The molecule has 0 amide bonds. The van der Waals surface area contributed by atoms with Crippen molar-refractivity contribution in [2.45, 2.75) is 48.0 Å². The average Bonchev–Trinajstić information content (AvgIpc) is 2.18. The van der Waals surface area contributed by atoms with Gasteiger partial charge in [0.15, 0.2) is 0 Å². The number of rotatable bonds is 1. The second kappa shape index (κ2) is 4.42. The molecule has 0 heteroatoms. The van der Waals surface area contributed by atoms with Crippen LogP contribution in [0.15, 0.2) is 35.4 Å². The van der Waals surface area contributed by atoms with Crippen LogP contribution in [-0.2, 0) is 0 Å². The van der Waals surface area contributed by atoms with Gasteiger partial charge in [-0.1, -0.05) is 49.3 Å². The highest BCUT2D eigenvalue weighted by molar-refractivity contribution is 5.78. The predicted octanol–water partition coefficient (Wildman–Crippen LogP) is 5.45. The molecule has 0 aromatic heterocycles. The highest BCUT2D eigenvalue weighted by Gasteiger charge is 2.29. The van der Waals surface area contributed by atoms with Crippen molar-refractivity contribution < 1.29 is 0 Å².